The number of benzene rings is 2. The van der Waals surface area contributed by atoms with Crippen molar-refractivity contribution in [2.45, 2.75) is 18.7 Å². The summed E-state index contributed by atoms with van der Waals surface area (Å²) in [5.74, 6) is -1.71. The van der Waals surface area contributed by atoms with E-state index < -0.39 is 11.6 Å². The molecule has 4 heteroatoms. The third-order valence-corrected chi connectivity index (χ3v) is 4.47. The van der Waals surface area contributed by atoms with Gasteiger partial charge in [0.15, 0.2) is 11.6 Å². The Balaban J connectivity index is 2.46. The number of aryl methyl sites for hydroxylation is 2. The first-order chi connectivity index (χ1) is 8.90. The first-order valence-corrected chi connectivity index (χ1v) is 7.05. The van der Waals surface area contributed by atoms with Crippen molar-refractivity contribution in [3.05, 3.63) is 69.2 Å². The third-order valence-electron chi connectivity index (χ3n) is 3.12. The molecule has 0 aromatic heterocycles. The third kappa shape index (κ3) is 2.98. The molecule has 2 aromatic rings. The molecule has 0 saturated heterocycles. The lowest BCUT2D eigenvalue weighted by molar-refractivity contribution is 0.507. The highest BCUT2D eigenvalue weighted by Crippen LogP contribution is 2.36. The summed E-state index contributed by atoms with van der Waals surface area (Å²) in [7, 11) is 0. The molecule has 0 radical (unpaired) electrons. The monoisotopic (exact) mass is 344 g/mol. The highest BCUT2D eigenvalue weighted by atomic mass is 79.9. The topological polar surface area (TPSA) is 0 Å². The molecule has 100 valence electrons. The summed E-state index contributed by atoms with van der Waals surface area (Å²) >= 11 is 9.71. The zero-order valence-corrected chi connectivity index (χ0v) is 12.8. The average Bonchev–Trinajstić information content (AvgIpc) is 2.36. The van der Waals surface area contributed by atoms with Crippen LogP contribution in [0.15, 0.2) is 30.3 Å². The molecule has 2 aromatic carbocycles. The fourth-order valence-corrected chi connectivity index (χ4v) is 2.97. The van der Waals surface area contributed by atoms with Gasteiger partial charge in [0.25, 0.3) is 0 Å². The van der Waals surface area contributed by atoms with Crippen molar-refractivity contribution in [2.75, 3.05) is 0 Å². The van der Waals surface area contributed by atoms with Crippen LogP contribution in [0.4, 0.5) is 8.78 Å². The quantitative estimate of drug-likeness (QED) is 0.611. The van der Waals surface area contributed by atoms with Gasteiger partial charge in [-0.15, -0.1) is 0 Å². The fraction of sp³-hybridized carbons (Fsp3) is 0.200. The highest BCUT2D eigenvalue weighted by molar-refractivity contribution is 9.09. The van der Waals surface area contributed by atoms with E-state index in [0.717, 1.165) is 22.8 Å². The minimum absolute atomic E-state index is 0.269. The van der Waals surface area contributed by atoms with Crippen LogP contribution in [0.3, 0.4) is 0 Å². The summed E-state index contributed by atoms with van der Waals surface area (Å²) in [6, 6.07) is 7.68. The maximum absolute atomic E-state index is 13.3. The fourth-order valence-electron chi connectivity index (χ4n) is 1.85. The molecule has 1 unspecified atom stereocenters. The van der Waals surface area contributed by atoms with Crippen LogP contribution in [-0.4, -0.2) is 0 Å². The van der Waals surface area contributed by atoms with Crippen molar-refractivity contribution in [3.63, 3.8) is 0 Å². The number of rotatable bonds is 2. The van der Waals surface area contributed by atoms with Crippen molar-refractivity contribution >= 4 is 27.5 Å². The largest absolute Gasteiger partial charge is 0.204 e. The van der Waals surface area contributed by atoms with Crippen molar-refractivity contribution in [2.24, 2.45) is 0 Å². The molecule has 0 N–H and O–H groups in total. The van der Waals surface area contributed by atoms with Crippen LogP contribution < -0.4 is 0 Å². The first kappa shape index (κ1) is 14.5. The van der Waals surface area contributed by atoms with Crippen LogP contribution in [0.5, 0.6) is 0 Å². The molecule has 0 aliphatic carbocycles. The summed E-state index contributed by atoms with van der Waals surface area (Å²) in [6.45, 7) is 3.96. The minimum Gasteiger partial charge on any atom is -0.204 e. The van der Waals surface area contributed by atoms with Gasteiger partial charge in [0, 0.05) is 5.02 Å². The smallest absolute Gasteiger partial charge is 0.159 e. The van der Waals surface area contributed by atoms with E-state index in [1.807, 2.05) is 26.0 Å². The van der Waals surface area contributed by atoms with Gasteiger partial charge in [0.1, 0.15) is 0 Å². The number of hydrogen-bond donors (Lipinski definition) is 0. The highest BCUT2D eigenvalue weighted by Gasteiger charge is 2.16. The predicted molar refractivity (Wildman–Crippen MR) is 78.1 cm³/mol. The molecular formula is C15H12BrClF2. The molecule has 0 aliphatic rings. The maximum atomic E-state index is 13.3. The molecule has 1 atom stereocenters. The van der Waals surface area contributed by atoms with Gasteiger partial charge < -0.3 is 0 Å². The van der Waals surface area contributed by atoms with Gasteiger partial charge in [0.05, 0.1) is 4.83 Å². The van der Waals surface area contributed by atoms with Gasteiger partial charge in [-0.1, -0.05) is 39.7 Å². The molecule has 0 saturated carbocycles. The average molecular weight is 346 g/mol. The van der Waals surface area contributed by atoms with Gasteiger partial charge in [-0.3, -0.25) is 0 Å². The van der Waals surface area contributed by atoms with Gasteiger partial charge in [-0.25, -0.2) is 8.78 Å². The van der Waals surface area contributed by atoms with Crippen LogP contribution in [-0.2, 0) is 0 Å². The van der Waals surface area contributed by atoms with E-state index in [9.17, 15) is 8.78 Å². The predicted octanol–water partition coefficient (Wildman–Crippen LogP) is 5.72. The van der Waals surface area contributed by atoms with Crippen molar-refractivity contribution < 1.29 is 8.78 Å². The number of alkyl halides is 1. The second-order valence-corrected chi connectivity index (χ2v) is 5.82. The van der Waals surface area contributed by atoms with Crippen LogP contribution in [0.25, 0.3) is 0 Å². The summed E-state index contributed by atoms with van der Waals surface area (Å²) < 4.78 is 26.2. The van der Waals surface area contributed by atoms with Crippen LogP contribution >= 0.6 is 27.5 Å². The molecule has 0 aliphatic heterocycles. The second-order valence-electron chi connectivity index (χ2n) is 4.49. The SMILES string of the molecule is Cc1cc(Cl)c(C(Br)c2ccc(F)c(F)c2)cc1C. The summed E-state index contributed by atoms with van der Waals surface area (Å²) in [6.07, 6.45) is 0. The molecule has 2 rings (SSSR count). The molecule has 0 spiro atoms. The molecule has 0 fully saturated rings. The van der Waals surface area contributed by atoms with Crippen molar-refractivity contribution in [3.8, 4) is 0 Å². The Labute approximate surface area is 124 Å². The van der Waals surface area contributed by atoms with E-state index in [0.29, 0.717) is 10.6 Å². The lowest BCUT2D eigenvalue weighted by Crippen LogP contribution is -1.98. The van der Waals surface area contributed by atoms with E-state index in [1.54, 1.807) is 6.07 Å². The van der Waals surface area contributed by atoms with Crippen LogP contribution in [0, 0.1) is 25.5 Å². The standard InChI is InChI=1S/C15H12BrClF2/c1-8-5-11(12(17)6-9(8)2)15(16)10-3-4-13(18)14(19)7-10/h3-7,15H,1-2H3. The van der Waals surface area contributed by atoms with Crippen molar-refractivity contribution in [1.82, 2.24) is 0 Å². The summed E-state index contributed by atoms with van der Waals surface area (Å²) in [4.78, 5) is -0.269. The van der Waals surface area contributed by atoms with Crippen molar-refractivity contribution in [1.29, 1.82) is 0 Å². The lowest BCUT2D eigenvalue weighted by Gasteiger charge is -2.15. The van der Waals surface area contributed by atoms with Gasteiger partial charge in [-0.2, -0.15) is 0 Å². The number of hydrogen-bond acceptors (Lipinski definition) is 0. The zero-order chi connectivity index (χ0) is 14.2. The zero-order valence-electron chi connectivity index (χ0n) is 10.5. The Kier molecular flexibility index (Phi) is 4.26. The van der Waals surface area contributed by atoms with E-state index in [2.05, 4.69) is 15.9 Å². The summed E-state index contributed by atoms with van der Waals surface area (Å²) in [5, 5.41) is 0.606. The van der Waals surface area contributed by atoms with Crippen LogP contribution in [0.2, 0.25) is 5.02 Å². The molecule has 0 nitrogen and oxygen atoms in total. The first-order valence-electron chi connectivity index (χ1n) is 5.76. The minimum atomic E-state index is -0.859. The molecule has 0 bridgehead atoms. The van der Waals surface area contributed by atoms with E-state index in [1.165, 1.54) is 6.07 Å². The summed E-state index contributed by atoms with van der Waals surface area (Å²) in [5.41, 5.74) is 3.67. The van der Waals surface area contributed by atoms with E-state index in [-0.39, 0.29) is 4.83 Å². The number of halogens is 4. The lowest BCUT2D eigenvalue weighted by atomic mass is 10.00. The van der Waals surface area contributed by atoms with E-state index in [4.69, 9.17) is 11.6 Å². The van der Waals surface area contributed by atoms with Gasteiger partial charge in [-0.05, 0) is 54.3 Å². The molecule has 0 amide bonds. The Morgan fingerprint density at radius 2 is 1.63 bits per heavy atom. The Morgan fingerprint density at radius 1 is 1.00 bits per heavy atom. The Hall–Kier alpha value is -0.930. The van der Waals surface area contributed by atoms with E-state index >= 15 is 0 Å². The maximum Gasteiger partial charge on any atom is 0.159 e. The van der Waals surface area contributed by atoms with Gasteiger partial charge in [0.2, 0.25) is 0 Å². The molecule has 19 heavy (non-hydrogen) atoms. The normalized spacial score (nSPS) is 12.5. The molecule has 0 heterocycles. The van der Waals surface area contributed by atoms with Gasteiger partial charge >= 0.3 is 0 Å². The Bertz CT molecular complexity index is 626. The molecular weight excluding hydrogens is 334 g/mol. The second kappa shape index (κ2) is 5.59. The van der Waals surface area contributed by atoms with Crippen LogP contribution in [0.1, 0.15) is 27.1 Å². The Morgan fingerprint density at radius 3 is 2.26 bits per heavy atom.